The summed E-state index contributed by atoms with van der Waals surface area (Å²) < 4.78 is 27.4. The number of carbonyl (C=O) groups is 1. The maximum absolute atomic E-state index is 12.3. The molecule has 19 heavy (non-hydrogen) atoms. The second kappa shape index (κ2) is 9.13. The first-order valence-electron chi connectivity index (χ1n) is 6.44. The summed E-state index contributed by atoms with van der Waals surface area (Å²) in [5, 5.41) is 2.55. The van der Waals surface area contributed by atoms with Crippen molar-refractivity contribution >= 4 is 13.7 Å². The molecule has 0 aliphatic carbocycles. The number of allylic oxidation sites excluding steroid dienone is 1. The van der Waals surface area contributed by atoms with E-state index in [-0.39, 0.29) is 31.4 Å². The minimum atomic E-state index is -3.53. The highest BCUT2D eigenvalue weighted by molar-refractivity contribution is 7.51. The molecule has 6 nitrogen and oxygen atoms in total. The zero-order valence-corrected chi connectivity index (χ0v) is 13.2. The molecule has 0 fully saturated rings. The predicted octanol–water partition coefficient (Wildman–Crippen LogP) is 2.86. The van der Waals surface area contributed by atoms with Crippen molar-refractivity contribution in [3.63, 3.8) is 0 Å². The molecule has 1 N–H and O–H groups in total. The van der Waals surface area contributed by atoms with Gasteiger partial charge in [0, 0.05) is 0 Å². The fourth-order valence-corrected chi connectivity index (χ4v) is 2.63. The molecule has 0 bridgehead atoms. The molecule has 0 rings (SSSR count). The second-order valence-corrected chi connectivity index (χ2v) is 5.72. The quantitative estimate of drug-likeness (QED) is 0.400. The van der Waals surface area contributed by atoms with Gasteiger partial charge >= 0.3 is 13.7 Å². The van der Waals surface area contributed by atoms with E-state index in [2.05, 4.69) is 5.09 Å². The van der Waals surface area contributed by atoms with Gasteiger partial charge in [0.15, 0.2) is 0 Å². The highest BCUT2D eigenvalue weighted by Gasteiger charge is 2.27. The second-order valence-electron chi connectivity index (χ2n) is 3.99. The molecule has 0 aliphatic heterocycles. The van der Waals surface area contributed by atoms with E-state index < -0.39 is 13.7 Å². The van der Waals surface area contributed by atoms with Crippen molar-refractivity contribution in [2.24, 2.45) is 5.92 Å². The first-order chi connectivity index (χ1) is 8.88. The number of nitrogens with one attached hydrogen (secondary N) is 1. The van der Waals surface area contributed by atoms with Crippen molar-refractivity contribution in [3.8, 4) is 0 Å². The Kier molecular flexibility index (Phi) is 8.72. The lowest BCUT2D eigenvalue weighted by atomic mass is 10.2. The van der Waals surface area contributed by atoms with Gasteiger partial charge in [-0.1, -0.05) is 19.9 Å². The average Bonchev–Trinajstić information content (AvgIpc) is 2.28. The first kappa shape index (κ1) is 18.2. The lowest BCUT2D eigenvalue weighted by Crippen LogP contribution is -2.23. The number of hydrogen-bond donors (Lipinski definition) is 1. The third-order valence-corrected chi connectivity index (χ3v) is 3.56. The summed E-state index contributed by atoms with van der Waals surface area (Å²) >= 11 is 0. The molecular weight excluding hydrogens is 269 g/mol. The Bertz CT molecular complexity index is 344. The maximum Gasteiger partial charge on any atom is 0.432 e. The minimum Gasteiger partial charge on any atom is -0.461 e. The molecule has 7 heteroatoms. The Labute approximate surface area is 115 Å². The topological polar surface area (TPSA) is 73.9 Å². The fraction of sp³-hybridized carbons (Fsp3) is 0.750. The van der Waals surface area contributed by atoms with Crippen molar-refractivity contribution in [3.05, 3.63) is 11.8 Å². The van der Waals surface area contributed by atoms with Crippen LogP contribution in [-0.4, -0.2) is 25.8 Å². The maximum atomic E-state index is 12.3. The van der Waals surface area contributed by atoms with Gasteiger partial charge in [0.25, 0.3) is 0 Å². The van der Waals surface area contributed by atoms with Crippen LogP contribution in [0, 0.1) is 5.92 Å². The lowest BCUT2D eigenvalue weighted by Gasteiger charge is -2.20. The molecular formula is C12H24NO5P. The van der Waals surface area contributed by atoms with Crippen LogP contribution in [-0.2, 0) is 23.1 Å². The van der Waals surface area contributed by atoms with Gasteiger partial charge in [0.1, 0.15) is 5.70 Å². The van der Waals surface area contributed by atoms with Crippen molar-refractivity contribution in [2.45, 2.75) is 34.6 Å². The zero-order valence-electron chi connectivity index (χ0n) is 12.3. The Morgan fingerprint density at radius 2 is 1.68 bits per heavy atom. The first-order valence-corrected chi connectivity index (χ1v) is 7.99. The predicted molar refractivity (Wildman–Crippen MR) is 73.5 cm³/mol. The summed E-state index contributed by atoms with van der Waals surface area (Å²) in [6, 6.07) is 0. The molecule has 0 radical (unpaired) electrons. The standard InChI is InChI=1S/C12H24NO5P/c1-6-16-12(14)11(9-10(4)5)13-19(15,17-7-2)18-8-3/h9-10H,6-8H2,1-5H3,(H,13,15)/b11-9-. The normalized spacial score (nSPS) is 12.6. The molecule has 0 aromatic carbocycles. The van der Waals surface area contributed by atoms with E-state index in [9.17, 15) is 9.36 Å². The van der Waals surface area contributed by atoms with Crippen LogP contribution in [0.1, 0.15) is 34.6 Å². The minimum absolute atomic E-state index is 0.0867. The Hall–Kier alpha value is -0.840. The molecule has 0 heterocycles. The van der Waals surface area contributed by atoms with E-state index in [0.717, 1.165) is 0 Å². The van der Waals surface area contributed by atoms with Crippen LogP contribution in [0.3, 0.4) is 0 Å². The van der Waals surface area contributed by atoms with E-state index in [1.165, 1.54) is 0 Å². The number of ether oxygens (including phenoxy) is 1. The van der Waals surface area contributed by atoms with Gasteiger partial charge in [-0.15, -0.1) is 0 Å². The number of esters is 1. The van der Waals surface area contributed by atoms with E-state index in [4.69, 9.17) is 13.8 Å². The molecule has 0 aliphatic rings. The van der Waals surface area contributed by atoms with Gasteiger partial charge < -0.3 is 4.74 Å². The summed E-state index contributed by atoms with van der Waals surface area (Å²) in [5.74, 6) is -0.487. The monoisotopic (exact) mass is 293 g/mol. The molecule has 0 spiro atoms. The van der Waals surface area contributed by atoms with Crippen LogP contribution < -0.4 is 5.09 Å². The Morgan fingerprint density at radius 1 is 1.16 bits per heavy atom. The molecule has 0 saturated carbocycles. The van der Waals surface area contributed by atoms with Crippen LogP contribution >= 0.6 is 7.75 Å². The summed E-state index contributed by atoms with van der Waals surface area (Å²) in [6.07, 6.45) is 1.63. The molecule has 112 valence electrons. The summed E-state index contributed by atoms with van der Waals surface area (Å²) in [7, 11) is -3.53. The van der Waals surface area contributed by atoms with E-state index in [0.29, 0.717) is 0 Å². The van der Waals surface area contributed by atoms with Crippen molar-refractivity contribution in [1.29, 1.82) is 0 Å². The Morgan fingerprint density at radius 3 is 2.05 bits per heavy atom. The van der Waals surface area contributed by atoms with E-state index in [1.807, 2.05) is 13.8 Å². The fourth-order valence-electron chi connectivity index (χ4n) is 1.28. The van der Waals surface area contributed by atoms with Crippen LogP contribution in [0.2, 0.25) is 0 Å². The van der Waals surface area contributed by atoms with Gasteiger partial charge in [0.05, 0.1) is 19.8 Å². The summed E-state index contributed by atoms with van der Waals surface area (Å²) in [4.78, 5) is 11.8. The van der Waals surface area contributed by atoms with Gasteiger partial charge in [-0.2, -0.15) is 0 Å². The van der Waals surface area contributed by atoms with Crippen molar-refractivity contribution < 1.29 is 23.1 Å². The lowest BCUT2D eigenvalue weighted by molar-refractivity contribution is -0.138. The van der Waals surface area contributed by atoms with Crippen LogP contribution in [0.4, 0.5) is 0 Å². The number of hydrogen-bond acceptors (Lipinski definition) is 5. The third kappa shape index (κ3) is 7.35. The summed E-state index contributed by atoms with van der Waals surface area (Å²) in [5.41, 5.74) is 0.0992. The molecule has 0 amide bonds. The zero-order chi connectivity index (χ0) is 14.9. The SMILES string of the molecule is CCOC(=O)/C(=C/C(C)C)NP(=O)(OCC)OCC. The van der Waals surface area contributed by atoms with E-state index >= 15 is 0 Å². The third-order valence-electron chi connectivity index (χ3n) is 1.85. The number of carbonyl (C=O) groups excluding carboxylic acids is 1. The van der Waals surface area contributed by atoms with Crippen LogP contribution in [0.25, 0.3) is 0 Å². The van der Waals surface area contributed by atoms with Crippen LogP contribution in [0.5, 0.6) is 0 Å². The highest BCUT2D eigenvalue weighted by atomic mass is 31.2. The van der Waals surface area contributed by atoms with Crippen LogP contribution in [0.15, 0.2) is 11.8 Å². The molecule has 0 atom stereocenters. The smallest absolute Gasteiger partial charge is 0.432 e. The van der Waals surface area contributed by atoms with Crippen molar-refractivity contribution in [1.82, 2.24) is 5.09 Å². The summed E-state index contributed by atoms with van der Waals surface area (Å²) in [6.45, 7) is 9.55. The van der Waals surface area contributed by atoms with E-state index in [1.54, 1.807) is 26.8 Å². The molecule has 0 saturated heterocycles. The largest absolute Gasteiger partial charge is 0.461 e. The van der Waals surface area contributed by atoms with Gasteiger partial charge in [-0.25, -0.2) is 9.36 Å². The molecule has 0 unspecified atom stereocenters. The average molecular weight is 293 g/mol. The highest BCUT2D eigenvalue weighted by Crippen LogP contribution is 2.44. The van der Waals surface area contributed by atoms with Gasteiger partial charge in [0.2, 0.25) is 0 Å². The molecule has 0 aromatic rings. The van der Waals surface area contributed by atoms with Gasteiger partial charge in [-0.3, -0.25) is 14.1 Å². The number of rotatable bonds is 9. The molecule has 0 aromatic heterocycles. The Balaban J connectivity index is 5.07. The van der Waals surface area contributed by atoms with Crippen molar-refractivity contribution in [2.75, 3.05) is 19.8 Å². The van der Waals surface area contributed by atoms with Gasteiger partial charge in [-0.05, 0) is 26.7 Å².